The highest BCUT2D eigenvalue weighted by Crippen LogP contribution is 2.19. The molecule has 0 spiro atoms. The molecule has 4 heteroatoms. The lowest BCUT2D eigenvalue weighted by Gasteiger charge is -1.94. The summed E-state index contributed by atoms with van der Waals surface area (Å²) in [5.41, 5.74) is 6.90. The zero-order valence-corrected chi connectivity index (χ0v) is 5.63. The molecule has 0 bridgehead atoms. The van der Waals surface area contributed by atoms with Crippen LogP contribution >= 0.6 is 0 Å². The maximum absolute atomic E-state index is 12.9. The van der Waals surface area contributed by atoms with Gasteiger partial charge in [-0.05, 0) is 12.1 Å². The second-order valence-electron chi connectivity index (χ2n) is 2.26. The number of aromatic nitrogens is 2. The highest BCUT2D eigenvalue weighted by molar-refractivity contribution is 5.86. The second kappa shape index (κ2) is 1.95. The van der Waals surface area contributed by atoms with Crippen LogP contribution < -0.4 is 5.73 Å². The lowest BCUT2D eigenvalue weighted by atomic mass is 10.2. The molecule has 0 fully saturated rings. The van der Waals surface area contributed by atoms with Gasteiger partial charge in [0.2, 0.25) is 0 Å². The van der Waals surface area contributed by atoms with Crippen molar-refractivity contribution in [1.82, 2.24) is 9.97 Å². The van der Waals surface area contributed by atoms with E-state index in [1.165, 1.54) is 18.5 Å². The smallest absolute Gasteiger partial charge is 0.151 e. The standard InChI is InChI=1S/C7H6FN3/c8-4-1-2-5(9)7-6(4)10-3-11-7/h1-3H,9H2,(H,10,11). The summed E-state index contributed by atoms with van der Waals surface area (Å²) in [5.74, 6) is -0.351. The van der Waals surface area contributed by atoms with Crippen LogP contribution in [0.1, 0.15) is 0 Å². The molecule has 0 radical (unpaired) electrons. The largest absolute Gasteiger partial charge is 0.397 e. The highest BCUT2D eigenvalue weighted by Gasteiger charge is 2.04. The van der Waals surface area contributed by atoms with Crippen LogP contribution in [0.25, 0.3) is 11.0 Å². The van der Waals surface area contributed by atoms with Crippen LogP contribution in [0.15, 0.2) is 18.5 Å². The molecular formula is C7H6FN3. The molecule has 0 amide bonds. The van der Waals surface area contributed by atoms with Gasteiger partial charge in [0.25, 0.3) is 0 Å². The Kier molecular flexibility index (Phi) is 1.09. The molecule has 0 aliphatic rings. The third-order valence-corrected chi connectivity index (χ3v) is 1.56. The van der Waals surface area contributed by atoms with Gasteiger partial charge in [-0.2, -0.15) is 0 Å². The minimum Gasteiger partial charge on any atom is -0.397 e. The fourth-order valence-electron chi connectivity index (χ4n) is 1.02. The molecule has 1 heterocycles. The molecule has 0 aliphatic carbocycles. The van der Waals surface area contributed by atoms with Gasteiger partial charge in [-0.15, -0.1) is 0 Å². The van der Waals surface area contributed by atoms with E-state index in [-0.39, 0.29) is 5.82 Å². The molecule has 3 nitrogen and oxygen atoms in total. The number of halogens is 1. The number of rotatable bonds is 0. The van der Waals surface area contributed by atoms with E-state index in [1.807, 2.05) is 0 Å². The first-order valence-corrected chi connectivity index (χ1v) is 3.16. The number of imidazole rings is 1. The Bertz CT molecular complexity index is 357. The molecule has 56 valence electrons. The summed E-state index contributed by atoms with van der Waals surface area (Å²) in [6.45, 7) is 0. The molecule has 0 saturated carbocycles. The van der Waals surface area contributed by atoms with Gasteiger partial charge in [0, 0.05) is 0 Å². The molecule has 0 saturated heterocycles. The molecule has 11 heavy (non-hydrogen) atoms. The number of nitrogen functional groups attached to an aromatic ring is 1. The van der Waals surface area contributed by atoms with Gasteiger partial charge in [-0.3, -0.25) is 0 Å². The highest BCUT2D eigenvalue weighted by atomic mass is 19.1. The monoisotopic (exact) mass is 151 g/mol. The van der Waals surface area contributed by atoms with E-state index in [0.29, 0.717) is 16.7 Å². The zero-order valence-electron chi connectivity index (χ0n) is 5.63. The molecule has 0 atom stereocenters. The van der Waals surface area contributed by atoms with E-state index < -0.39 is 0 Å². The minimum atomic E-state index is -0.351. The SMILES string of the molecule is Nc1ccc(F)c2nc[nH]c12. The van der Waals surface area contributed by atoms with Crippen molar-refractivity contribution in [3.63, 3.8) is 0 Å². The van der Waals surface area contributed by atoms with E-state index in [1.54, 1.807) is 0 Å². The number of aromatic amines is 1. The van der Waals surface area contributed by atoms with Gasteiger partial charge >= 0.3 is 0 Å². The van der Waals surface area contributed by atoms with E-state index in [4.69, 9.17) is 5.73 Å². The topological polar surface area (TPSA) is 54.7 Å². The first-order valence-electron chi connectivity index (χ1n) is 3.16. The van der Waals surface area contributed by atoms with Crippen molar-refractivity contribution < 1.29 is 4.39 Å². The minimum absolute atomic E-state index is 0.296. The van der Waals surface area contributed by atoms with Crippen molar-refractivity contribution >= 4 is 16.7 Å². The van der Waals surface area contributed by atoms with Gasteiger partial charge in [-0.1, -0.05) is 0 Å². The van der Waals surface area contributed by atoms with E-state index in [0.717, 1.165) is 0 Å². The number of nitrogens with zero attached hydrogens (tertiary/aromatic N) is 1. The normalized spacial score (nSPS) is 10.6. The maximum Gasteiger partial charge on any atom is 0.151 e. The molecule has 1 aromatic carbocycles. The Morgan fingerprint density at radius 3 is 3.00 bits per heavy atom. The number of benzene rings is 1. The Labute approximate surface area is 62.0 Å². The van der Waals surface area contributed by atoms with Crippen molar-refractivity contribution in [2.24, 2.45) is 0 Å². The molecule has 0 unspecified atom stereocenters. The summed E-state index contributed by atoms with van der Waals surface area (Å²) in [5, 5.41) is 0. The molecule has 1 aromatic heterocycles. The van der Waals surface area contributed by atoms with Crippen molar-refractivity contribution in [3.05, 3.63) is 24.3 Å². The maximum atomic E-state index is 12.9. The van der Waals surface area contributed by atoms with Crippen molar-refractivity contribution in [2.45, 2.75) is 0 Å². The van der Waals surface area contributed by atoms with Crippen LogP contribution in [0, 0.1) is 5.82 Å². The van der Waals surface area contributed by atoms with Gasteiger partial charge in [0.1, 0.15) is 5.52 Å². The number of H-pyrrole nitrogens is 1. The Morgan fingerprint density at radius 1 is 1.45 bits per heavy atom. The lowest BCUT2D eigenvalue weighted by Crippen LogP contribution is -1.87. The molecule has 3 N–H and O–H groups in total. The third kappa shape index (κ3) is 0.756. The number of anilines is 1. The number of fused-ring (bicyclic) bond motifs is 1. The fraction of sp³-hybridized carbons (Fsp3) is 0. The van der Waals surface area contributed by atoms with Crippen LogP contribution in [0.3, 0.4) is 0 Å². The summed E-state index contributed by atoms with van der Waals surface area (Å²) in [4.78, 5) is 6.52. The molecule has 2 aromatic rings. The Balaban J connectivity index is 2.96. The quantitative estimate of drug-likeness (QED) is 0.557. The van der Waals surface area contributed by atoms with Crippen LogP contribution in [-0.4, -0.2) is 9.97 Å². The number of nitrogens with two attached hydrogens (primary N) is 1. The van der Waals surface area contributed by atoms with Crippen LogP contribution in [0.2, 0.25) is 0 Å². The molecular weight excluding hydrogens is 145 g/mol. The third-order valence-electron chi connectivity index (χ3n) is 1.56. The average molecular weight is 151 g/mol. The van der Waals surface area contributed by atoms with E-state index in [9.17, 15) is 4.39 Å². The average Bonchev–Trinajstić information content (AvgIpc) is 2.45. The van der Waals surface area contributed by atoms with Gasteiger partial charge < -0.3 is 10.7 Å². The number of hydrogen-bond acceptors (Lipinski definition) is 2. The summed E-state index contributed by atoms with van der Waals surface area (Å²) in [7, 11) is 0. The number of nitrogens with one attached hydrogen (secondary N) is 1. The summed E-state index contributed by atoms with van der Waals surface area (Å²) in [6.07, 6.45) is 1.42. The second-order valence-corrected chi connectivity index (χ2v) is 2.26. The summed E-state index contributed by atoms with van der Waals surface area (Å²) < 4.78 is 12.9. The zero-order chi connectivity index (χ0) is 7.84. The van der Waals surface area contributed by atoms with Gasteiger partial charge in [0.15, 0.2) is 5.82 Å². The first kappa shape index (κ1) is 6.15. The predicted octanol–water partition coefficient (Wildman–Crippen LogP) is 1.28. The van der Waals surface area contributed by atoms with Gasteiger partial charge in [-0.25, -0.2) is 9.37 Å². The predicted molar refractivity (Wildman–Crippen MR) is 40.5 cm³/mol. The van der Waals surface area contributed by atoms with Crippen LogP contribution in [-0.2, 0) is 0 Å². The lowest BCUT2D eigenvalue weighted by molar-refractivity contribution is 0.637. The fourth-order valence-corrected chi connectivity index (χ4v) is 1.02. The Morgan fingerprint density at radius 2 is 2.27 bits per heavy atom. The number of hydrogen-bond donors (Lipinski definition) is 2. The van der Waals surface area contributed by atoms with Crippen LogP contribution in [0.4, 0.5) is 10.1 Å². The summed E-state index contributed by atoms with van der Waals surface area (Å²) in [6, 6.07) is 2.81. The summed E-state index contributed by atoms with van der Waals surface area (Å²) >= 11 is 0. The van der Waals surface area contributed by atoms with Crippen molar-refractivity contribution in [3.8, 4) is 0 Å². The van der Waals surface area contributed by atoms with E-state index >= 15 is 0 Å². The van der Waals surface area contributed by atoms with Crippen molar-refractivity contribution in [2.75, 3.05) is 5.73 Å². The Hall–Kier alpha value is -1.58. The van der Waals surface area contributed by atoms with Gasteiger partial charge in [0.05, 0.1) is 17.5 Å². The molecule has 2 rings (SSSR count). The van der Waals surface area contributed by atoms with E-state index in [2.05, 4.69) is 9.97 Å². The first-order chi connectivity index (χ1) is 5.29. The molecule has 0 aliphatic heterocycles. The van der Waals surface area contributed by atoms with Crippen LogP contribution in [0.5, 0.6) is 0 Å². The van der Waals surface area contributed by atoms with Crippen molar-refractivity contribution in [1.29, 1.82) is 0 Å².